The molecule has 6 nitrogen and oxygen atoms in total. The SMILES string of the molecule is CCOc1ccccc1[C@H]1Oc2ccccc2[C@@H]2CC(c3ccc4c(c3)OCO4)=NN12. The quantitative estimate of drug-likeness (QED) is 0.598. The molecule has 0 spiro atoms. The largest absolute Gasteiger partial charge is 0.493 e. The van der Waals surface area contributed by atoms with Gasteiger partial charge in [0.25, 0.3) is 0 Å². The van der Waals surface area contributed by atoms with Gasteiger partial charge in [-0.2, -0.15) is 5.10 Å². The van der Waals surface area contributed by atoms with Crippen molar-refractivity contribution in [2.24, 2.45) is 5.10 Å². The fourth-order valence-corrected chi connectivity index (χ4v) is 4.46. The molecule has 0 aromatic heterocycles. The second kappa shape index (κ2) is 7.23. The second-order valence-corrected chi connectivity index (χ2v) is 7.69. The van der Waals surface area contributed by atoms with Crippen molar-refractivity contribution in [2.75, 3.05) is 13.4 Å². The number of nitrogens with zero attached hydrogens (tertiary/aromatic N) is 2. The molecule has 0 aliphatic carbocycles. The number of hydrogen-bond donors (Lipinski definition) is 0. The molecule has 156 valence electrons. The van der Waals surface area contributed by atoms with Gasteiger partial charge in [-0.25, -0.2) is 5.01 Å². The molecule has 0 amide bonds. The maximum Gasteiger partial charge on any atom is 0.231 e. The van der Waals surface area contributed by atoms with Crippen LogP contribution in [0.2, 0.25) is 0 Å². The highest BCUT2D eigenvalue weighted by Crippen LogP contribution is 2.49. The highest BCUT2D eigenvalue weighted by Gasteiger charge is 2.42. The van der Waals surface area contributed by atoms with Crippen molar-refractivity contribution >= 4 is 5.71 Å². The maximum absolute atomic E-state index is 6.47. The lowest BCUT2D eigenvalue weighted by Crippen LogP contribution is -2.34. The summed E-state index contributed by atoms with van der Waals surface area (Å²) in [5.41, 5.74) is 4.15. The molecule has 3 heterocycles. The number of ether oxygens (including phenoxy) is 4. The Labute approximate surface area is 180 Å². The topological polar surface area (TPSA) is 52.5 Å². The Morgan fingerprint density at radius 3 is 2.65 bits per heavy atom. The monoisotopic (exact) mass is 414 g/mol. The number of hydrazone groups is 1. The van der Waals surface area contributed by atoms with Crippen LogP contribution in [0, 0.1) is 0 Å². The molecule has 3 aliphatic rings. The van der Waals surface area contributed by atoms with Gasteiger partial charge >= 0.3 is 0 Å². The Kier molecular flexibility index (Phi) is 4.23. The van der Waals surface area contributed by atoms with Gasteiger partial charge in [0.15, 0.2) is 11.5 Å². The lowest BCUT2D eigenvalue weighted by molar-refractivity contribution is -0.0205. The van der Waals surface area contributed by atoms with Gasteiger partial charge in [-0.05, 0) is 43.3 Å². The van der Waals surface area contributed by atoms with Gasteiger partial charge < -0.3 is 18.9 Å². The Balaban J connectivity index is 1.44. The Morgan fingerprint density at radius 2 is 1.74 bits per heavy atom. The Morgan fingerprint density at radius 1 is 0.935 bits per heavy atom. The summed E-state index contributed by atoms with van der Waals surface area (Å²) in [6.07, 6.45) is 0.419. The molecule has 6 rings (SSSR count). The van der Waals surface area contributed by atoms with Gasteiger partial charge in [0.1, 0.15) is 11.5 Å². The van der Waals surface area contributed by atoms with Crippen LogP contribution in [0.4, 0.5) is 0 Å². The first kappa shape index (κ1) is 18.1. The number of para-hydroxylation sites is 2. The zero-order valence-corrected chi connectivity index (χ0v) is 17.2. The van der Waals surface area contributed by atoms with Gasteiger partial charge in [0, 0.05) is 17.5 Å². The second-order valence-electron chi connectivity index (χ2n) is 7.69. The van der Waals surface area contributed by atoms with E-state index in [-0.39, 0.29) is 19.1 Å². The van der Waals surface area contributed by atoms with Crippen LogP contribution in [0.1, 0.15) is 42.3 Å². The van der Waals surface area contributed by atoms with Crippen molar-refractivity contribution < 1.29 is 18.9 Å². The van der Waals surface area contributed by atoms with Crippen molar-refractivity contribution in [3.63, 3.8) is 0 Å². The third-order valence-corrected chi connectivity index (χ3v) is 5.89. The van der Waals surface area contributed by atoms with Crippen LogP contribution in [0.5, 0.6) is 23.0 Å². The number of benzene rings is 3. The molecule has 2 atom stereocenters. The van der Waals surface area contributed by atoms with Gasteiger partial charge in [-0.15, -0.1) is 0 Å². The van der Waals surface area contributed by atoms with Crippen molar-refractivity contribution in [1.82, 2.24) is 5.01 Å². The van der Waals surface area contributed by atoms with Crippen LogP contribution in [0.15, 0.2) is 71.8 Å². The summed E-state index contributed by atoms with van der Waals surface area (Å²) in [5, 5.41) is 7.11. The maximum atomic E-state index is 6.47. The minimum absolute atomic E-state index is 0.0880. The van der Waals surface area contributed by atoms with Crippen LogP contribution >= 0.6 is 0 Å². The van der Waals surface area contributed by atoms with Gasteiger partial charge in [-0.1, -0.05) is 30.3 Å². The van der Waals surface area contributed by atoms with E-state index in [9.17, 15) is 0 Å². The smallest absolute Gasteiger partial charge is 0.231 e. The van der Waals surface area contributed by atoms with E-state index >= 15 is 0 Å². The first-order valence-electron chi connectivity index (χ1n) is 10.5. The van der Waals surface area contributed by atoms with Crippen LogP contribution < -0.4 is 18.9 Å². The molecule has 0 saturated heterocycles. The average Bonchev–Trinajstić information content (AvgIpc) is 3.46. The summed E-state index contributed by atoms with van der Waals surface area (Å²) in [4.78, 5) is 0. The summed E-state index contributed by atoms with van der Waals surface area (Å²) in [6, 6.07) is 22.3. The standard InChI is InChI=1S/C25H22N2O4/c1-2-28-21-9-5-4-8-18(21)25-27-20(17-7-3-6-10-22(17)31-25)14-19(26-27)16-11-12-23-24(13-16)30-15-29-23/h3-13,20,25H,2,14-15H2,1H3/t20-,25+/m0/s1. The highest BCUT2D eigenvalue weighted by molar-refractivity contribution is 6.02. The molecule has 0 fully saturated rings. The molecule has 0 radical (unpaired) electrons. The first-order chi connectivity index (χ1) is 15.3. The number of hydrogen-bond acceptors (Lipinski definition) is 6. The highest BCUT2D eigenvalue weighted by atomic mass is 16.7. The van der Waals surface area contributed by atoms with Crippen molar-refractivity contribution in [3.8, 4) is 23.0 Å². The van der Waals surface area contributed by atoms with E-state index in [0.717, 1.165) is 51.8 Å². The molecule has 6 heteroatoms. The van der Waals surface area contributed by atoms with Crippen LogP contribution in [0.3, 0.4) is 0 Å². The van der Waals surface area contributed by atoms with Crippen LogP contribution in [-0.4, -0.2) is 24.1 Å². The fraction of sp³-hybridized carbons (Fsp3) is 0.240. The van der Waals surface area contributed by atoms with E-state index in [1.807, 2.05) is 61.5 Å². The van der Waals surface area contributed by atoms with E-state index in [1.54, 1.807) is 0 Å². The summed E-state index contributed by atoms with van der Waals surface area (Å²) in [7, 11) is 0. The molecule has 3 aromatic carbocycles. The number of rotatable bonds is 4. The van der Waals surface area contributed by atoms with Gasteiger partial charge in [0.05, 0.1) is 23.9 Å². The molecule has 0 bridgehead atoms. The van der Waals surface area contributed by atoms with Crippen molar-refractivity contribution in [1.29, 1.82) is 0 Å². The van der Waals surface area contributed by atoms with E-state index < -0.39 is 0 Å². The van der Waals surface area contributed by atoms with Crippen molar-refractivity contribution in [2.45, 2.75) is 25.6 Å². The Hall–Kier alpha value is -3.67. The van der Waals surface area contributed by atoms with E-state index in [0.29, 0.717) is 6.61 Å². The first-order valence-corrected chi connectivity index (χ1v) is 10.5. The third kappa shape index (κ3) is 2.98. The normalized spacial score (nSPS) is 20.5. The lowest BCUT2D eigenvalue weighted by atomic mass is 9.95. The van der Waals surface area contributed by atoms with Crippen LogP contribution in [-0.2, 0) is 0 Å². The van der Waals surface area contributed by atoms with E-state index in [2.05, 4.69) is 17.1 Å². The zero-order chi connectivity index (χ0) is 20.8. The van der Waals surface area contributed by atoms with Gasteiger partial charge in [-0.3, -0.25) is 0 Å². The summed E-state index contributed by atoms with van der Waals surface area (Å²) < 4.78 is 23.4. The average molecular weight is 414 g/mol. The molecular weight excluding hydrogens is 392 g/mol. The molecule has 31 heavy (non-hydrogen) atoms. The molecular formula is C25H22N2O4. The molecule has 0 N–H and O–H groups in total. The molecule has 0 unspecified atom stereocenters. The predicted octanol–water partition coefficient (Wildman–Crippen LogP) is 5.06. The fourth-order valence-electron chi connectivity index (χ4n) is 4.46. The minimum Gasteiger partial charge on any atom is -0.493 e. The zero-order valence-electron chi connectivity index (χ0n) is 17.2. The van der Waals surface area contributed by atoms with Gasteiger partial charge in [0.2, 0.25) is 13.0 Å². The molecule has 3 aliphatic heterocycles. The third-order valence-electron chi connectivity index (χ3n) is 5.89. The minimum atomic E-state index is -0.367. The van der Waals surface area contributed by atoms with Crippen molar-refractivity contribution in [3.05, 3.63) is 83.4 Å². The Bertz CT molecular complexity index is 1180. The van der Waals surface area contributed by atoms with E-state index in [1.165, 1.54) is 0 Å². The lowest BCUT2D eigenvalue weighted by Gasteiger charge is -2.38. The molecule has 0 saturated carbocycles. The summed E-state index contributed by atoms with van der Waals surface area (Å²) in [5.74, 6) is 3.25. The van der Waals surface area contributed by atoms with Crippen LogP contribution in [0.25, 0.3) is 0 Å². The summed E-state index contributed by atoms with van der Waals surface area (Å²) in [6.45, 7) is 2.84. The summed E-state index contributed by atoms with van der Waals surface area (Å²) >= 11 is 0. The predicted molar refractivity (Wildman–Crippen MR) is 116 cm³/mol. The van der Waals surface area contributed by atoms with E-state index in [4.69, 9.17) is 24.0 Å². The molecule has 3 aromatic rings. The number of fused-ring (bicyclic) bond motifs is 4.